The van der Waals surface area contributed by atoms with E-state index in [0.29, 0.717) is 12.2 Å². The van der Waals surface area contributed by atoms with Gasteiger partial charge in [0.25, 0.3) is 0 Å². The smallest absolute Gasteiger partial charge is 0.334 e. The van der Waals surface area contributed by atoms with E-state index in [9.17, 15) is 9.59 Å². The molecule has 0 atom stereocenters. The van der Waals surface area contributed by atoms with E-state index in [1.165, 1.54) is 5.56 Å². The molecule has 8 nitrogen and oxygen atoms in total. The molecular formula is C24H21N5O3. The Kier molecular flexibility index (Phi) is 5.03. The lowest BCUT2D eigenvalue weighted by Gasteiger charge is -2.32. The van der Waals surface area contributed by atoms with Crippen molar-refractivity contribution in [3.05, 3.63) is 72.2 Å². The molecule has 0 radical (unpaired) electrons. The van der Waals surface area contributed by atoms with Gasteiger partial charge in [-0.05, 0) is 47.6 Å². The molecule has 2 aromatic carbocycles. The maximum atomic E-state index is 12.4. The average molecular weight is 427 g/mol. The standard InChI is InChI=1S/C24H21N5O3/c1-28-14-19(13-25-28)16-8-9-22-18(11-16)6-4-10-29(22)23-20-7-3-2-5-17(20)12-21(27-23)24(31)32-26-15-30/h2-3,5,7-9,11-15H,4,6,10H2,1H3,(H,26,30). The zero-order chi connectivity index (χ0) is 22.1. The molecule has 160 valence electrons. The van der Waals surface area contributed by atoms with Gasteiger partial charge in [-0.15, -0.1) is 0 Å². The molecule has 32 heavy (non-hydrogen) atoms. The molecule has 0 bridgehead atoms. The number of hydrogen-bond donors (Lipinski definition) is 1. The fraction of sp³-hybridized carbons (Fsp3) is 0.167. The largest absolute Gasteiger partial charge is 0.381 e. The second kappa shape index (κ2) is 8.14. The van der Waals surface area contributed by atoms with Gasteiger partial charge in [-0.1, -0.05) is 30.3 Å². The van der Waals surface area contributed by atoms with Gasteiger partial charge in [0.05, 0.1) is 6.20 Å². The molecule has 2 aromatic heterocycles. The minimum absolute atomic E-state index is 0.132. The number of aryl methyl sites for hydroxylation is 2. The Morgan fingerprint density at radius 1 is 1.16 bits per heavy atom. The van der Waals surface area contributed by atoms with Gasteiger partial charge in [0.15, 0.2) is 5.69 Å². The number of rotatable bonds is 5. The van der Waals surface area contributed by atoms with Gasteiger partial charge in [0.2, 0.25) is 6.41 Å². The van der Waals surface area contributed by atoms with E-state index in [4.69, 9.17) is 4.84 Å². The van der Waals surface area contributed by atoms with Crippen LogP contribution in [0.4, 0.5) is 11.5 Å². The highest BCUT2D eigenvalue weighted by atomic mass is 16.7. The van der Waals surface area contributed by atoms with Gasteiger partial charge >= 0.3 is 5.97 Å². The lowest BCUT2D eigenvalue weighted by molar-refractivity contribution is -0.117. The summed E-state index contributed by atoms with van der Waals surface area (Å²) in [6.45, 7) is 0.779. The summed E-state index contributed by atoms with van der Waals surface area (Å²) in [4.78, 5) is 34.5. The third kappa shape index (κ3) is 3.56. The predicted octanol–water partition coefficient (Wildman–Crippen LogP) is 3.54. The van der Waals surface area contributed by atoms with Crippen LogP contribution in [0.5, 0.6) is 0 Å². The van der Waals surface area contributed by atoms with Crippen molar-refractivity contribution in [3.63, 3.8) is 0 Å². The topological polar surface area (TPSA) is 89.4 Å². The Balaban J connectivity index is 1.60. The second-order valence-electron chi connectivity index (χ2n) is 7.68. The van der Waals surface area contributed by atoms with Crippen LogP contribution in [-0.4, -0.2) is 33.7 Å². The molecule has 0 fully saturated rings. The van der Waals surface area contributed by atoms with E-state index in [1.807, 2.05) is 49.2 Å². The van der Waals surface area contributed by atoms with Crippen molar-refractivity contribution >= 4 is 34.7 Å². The maximum Gasteiger partial charge on any atom is 0.381 e. The van der Waals surface area contributed by atoms with Crippen LogP contribution in [0, 0.1) is 0 Å². The number of carbonyl (C=O) groups is 2. The highest BCUT2D eigenvalue weighted by Crippen LogP contribution is 2.38. The quantitative estimate of drug-likeness (QED) is 0.387. The molecule has 0 saturated heterocycles. The van der Waals surface area contributed by atoms with Crippen molar-refractivity contribution in [2.24, 2.45) is 7.05 Å². The molecule has 0 saturated carbocycles. The van der Waals surface area contributed by atoms with Gasteiger partial charge in [-0.25, -0.2) is 9.78 Å². The minimum Gasteiger partial charge on any atom is -0.334 e. The molecule has 1 amide bonds. The number of anilines is 2. The zero-order valence-electron chi connectivity index (χ0n) is 17.5. The van der Waals surface area contributed by atoms with Gasteiger partial charge < -0.3 is 9.74 Å². The summed E-state index contributed by atoms with van der Waals surface area (Å²) in [7, 11) is 1.91. The molecule has 1 aliphatic heterocycles. The number of hydroxylamine groups is 1. The molecule has 4 aromatic rings. The fourth-order valence-corrected chi connectivity index (χ4v) is 4.19. The summed E-state index contributed by atoms with van der Waals surface area (Å²) in [5, 5.41) is 6.09. The van der Waals surface area contributed by atoms with Gasteiger partial charge in [-0.2, -0.15) is 10.6 Å². The Morgan fingerprint density at radius 3 is 2.84 bits per heavy atom. The van der Waals surface area contributed by atoms with E-state index in [-0.39, 0.29) is 5.69 Å². The molecule has 0 spiro atoms. The summed E-state index contributed by atoms with van der Waals surface area (Å²) < 4.78 is 1.79. The number of pyridine rings is 1. The van der Waals surface area contributed by atoms with Crippen LogP contribution in [0.3, 0.4) is 0 Å². The number of amides is 1. The number of nitrogens with zero attached hydrogens (tertiary/aromatic N) is 4. The van der Waals surface area contributed by atoms with Crippen LogP contribution in [0.15, 0.2) is 60.9 Å². The van der Waals surface area contributed by atoms with Gasteiger partial charge in [-0.3, -0.25) is 9.48 Å². The first-order valence-electron chi connectivity index (χ1n) is 10.3. The fourth-order valence-electron chi connectivity index (χ4n) is 4.19. The van der Waals surface area contributed by atoms with E-state index in [2.05, 4.69) is 33.2 Å². The third-order valence-corrected chi connectivity index (χ3v) is 5.62. The molecular weight excluding hydrogens is 406 g/mol. The van der Waals surface area contributed by atoms with E-state index >= 15 is 0 Å². The Bertz CT molecular complexity index is 1330. The van der Waals surface area contributed by atoms with Crippen LogP contribution in [0.1, 0.15) is 22.5 Å². The summed E-state index contributed by atoms with van der Waals surface area (Å²) >= 11 is 0. The van der Waals surface area contributed by atoms with Crippen molar-refractivity contribution in [1.29, 1.82) is 0 Å². The number of hydrogen-bond acceptors (Lipinski definition) is 6. The molecule has 8 heteroatoms. The molecule has 1 N–H and O–H groups in total. The highest BCUT2D eigenvalue weighted by molar-refractivity contribution is 6.00. The highest BCUT2D eigenvalue weighted by Gasteiger charge is 2.24. The van der Waals surface area contributed by atoms with E-state index in [1.54, 1.807) is 10.7 Å². The lowest BCUT2D eigenvalue weighted by Crippen LogP contribution is -2.26. The number of benzene rings is 2. The van der Waals surface area contributed by atoms with E-state index < -0.39 is 5.97 Å². The van der Waals surface area contributed by atoms with Crippen molar-refractivity contribution in [2.45, 2.75) is 12.8 Å². The van der Waals surface area contributed by atoms with Gasteiger partial charge in [0.1, 0.15) is 5.82 Å². The molecule has 5 rings (SSSR count). The first-order valence-corrected chi connectivity index (χ1v) is 10.3. The van der Waals surface area contributed by atoms with Gasteiger partial charge in [0, 0.05) is 36.4 Å². The van der Waals surface area contributed by atoms with Crippen LogP contribution in [-0.2, 0) is 23.1 Å². The van der Waals surface area contributed by atoms with Crippen LogP contribution >= 0.6 is 0 Å². The normalized spacial score (nSPS) is 13.0. The maximum absolute atomic E-state index is 12.4. The van der Waals surface area contributed by atoms with E-state index in [0.717, 1.165) is 47.0 Å². The Hall–Kier alpha value is -4.20. The first kappa shape index (κ1) is 19.7. The zero-order valence-corrected chi connectivity index (χ0v) is 17.5. The van der Waals surface area contributed by atoms with Crippen LogP contribution in [0.2, 0.25) is 0 Å². The number of nitrogens with one attached hydrogen (secondary N) is 1. The summed E-state index contributed by atoms with van der Waals surface area (Å²) in [6, 6.07) is 15.9. The molecule has 3 heterocycles. The monoisotopic (exact) mass is 427 g/mol. The number of aromatic nitrogens is 3. The SMILES string of the molecule is Cn1cc(-c2ccc3c(c2)CCCN3c2nc(C(=O)ONC=O)cc3ccccc23)cn1. The van der Waals surface area contributed by atoms with Crippen molar-refractivity contribution in [3.8, 4) is 11.1 Å². The summed E-state index contributed by atoms with van der Waals surface area (Å²) in [5.41, 5.74) is 6.55. The average Bonchev–Trinajstić information content (AvgIpc) is 3.27. The third-order valence-electron chi connectivity index (χ3n) is 5.62. The number of carbonyl (C=O) groups excluding carboxylic acids is 2. The molecule has 1 aliphatic rings. The predicted molar refractivity (Wildman–Crippen MR) is 120 cm³/mol. The molecule has 0 unspecified atom stereocenters. The van der Waals surface area contributed by atoms with Crippen molar-refractivity contribution < 1.29 is 14.4 Å². The first-order chi connectivity index (χ1) is 15.6. The summed E-state index contributed by atoms with van der Waals surface area (Å²) in [6.07, 6.45) is 6.09. The lowest BCUT2D eigenvalue weighted by atomic mass is 9.97. The summed E-state index contributed by atoms with van der Waals surface area (Å²) in [5.74, 6) is -0.0236. The van der Waals surface area contributed by atoms with Crippen molar-refractivity contribution in [1.82, 2.24) is 20.2 Å². The van der Waals surface area contributed by atoms with Crippen molar-refractivity contribution in [2.75, 3.05) is 11.4 Å². The Morgan fingerprint density at radius 2 is 2.03 bits per heavy atom. The Labute approximate surface area is 184 Å². The van der Waals surface area contributed by atoms with Crippen LogP contribution < -0.4 is 10.4 Å². The number of fused-ring (bicyclic) bond motifs is 2. The molecule has 0 aliphatic carbocycles. The van der Waals surface area contributed by atoms with Crippen LogP contribution in [0.25, 0.3) is 21.9 Å². The minimum atomic E-state index is -0.715. The second-order valence-corrected chi connectivity index (χ2v) is 7.68.